The fourth-order valence-corrected chi connectivity index (χ4v) is 2.39. The van der Waals surface area contributed by atoms with Crippen LogP contribution in [0.4, 0.5) is 0 Å². The van der Waals surface area contributed by atoms with Crippen molar-refractivity contribution in [1.29, 1.82) is 0 Å². The van der Waals surface area contributed by atoms with E-state index in [9.17, 15) is 9.59 Å². The van der Waals surface area contributed by atoms with E-state index in [2.05, 4.69) is 4.98 Å². The molecule has 0 fully saturated rings. The number of halogens is 1. The average Bonchev–Trinajstić information content (AvgIpc) is 2.44. The zero-order valence-electron chi connectivity index (χ0n) is 13.1. The van der Waals surface area contributed by atoms with Crippen LogP contribution in [-0.2, 0) is 14.3 Å². The normalized spacial score (nSPS) is 16.5. The number of ether oxygens (including phenoxy) is 1. The van der Waals surface area contributed by atoms with Gasteiger partial charge in [-0.2, -0.15) is 0 Å². The Balaban J connectivity index is 0.00000242. The highest BCUT2D eigenvalue weighted by Crippen LogP contribution is 2.33. The summed E-state index contributed by atoms with van der Waals surface area (Å²) in [6.07, 6.45) is 4.06. The van der Waals surface area contributed by atoms with E-state index in [0.717, 1.165) is 5.56 Å². The number of carbonyl (C=O) groups excluding carboxylic acids is 2. The maximum absolute atomic E-state index is 12.4. The van der Waals surface area contributed by atoms with Crippen molar-refractivity contribution >= 4 is 24.0 Å². The third kappa shape index (κ3) is 3.70. The second kappa shape index (κ2) is 7.47. The Morgan fingerprint density at radius 2 is 1.86 bits per heavy atom. The summed E-state index contributed by atoms with van der Waals surface area (Å²) in [5.41, 5.74) is 2.10. The SMILES string of the molecule is CC1=CC(=O)C(C(OC(C)C)c2cccnc2)=C(C)C1=O.Cl. The molecule has 0 N–H and O–H groups in total. The Kier molecular flexibility index (Phi) is 6.21. The van der Waals surface area contributed by atoms with Gasteiger partial charge in [-0.25, -0.2) is 0 Å². The number of nitrogens with zero attached hydrogens (tertiary/aromatic N) is 1. The van der Waals surface area contributed by atoms with Crippen LogP contribution in [0.1, 0.15) is 39.4 Å². The second-order valence-electron chi connectivity index (χ2n) is 5.41. The average molecular weight is 322 g/mol. The van der Waals surface area contributed by atoms with Crippen molar-refractivity contribution in [2.45, 2.75) is 39.9 Å². The van der Waals surface area contributed by atoms with Crippen LogP contribution in [0.5, 0.6) is 0 Å². The van der Waals surface area contributed by atoms with E-state index in [4.69, 9.17) is 4.74 Å². The number of carbonyl (C=O) groups is 2. The van der Waals surface area contributed by atoms with Crippen LogP contribution in [0.15, 0.2) is 47.3 Å². The molecule has 1 aliphatic rings. The zero-order chi connectivity index (χ0) is 15.6. The lowest BCUT2D eigenvalue weighted by atomic mass is 9.86. The van der Waals surface area contributed by atoms with Crippen molar-refractivity contribution in [1.82, 2.24) is 4.98 Å². The van der Waals surface area contributed by atoms with E-state index in [-0.39, 0.29) is 30.1 Å². The molecule has 2 rings (SSSR count). The molecule has 1 atom stereocenters. The summed E-state index contributed by atoms with van der Waals surface area (Å²) >= 11 is 0. The Morgan fingerprint density at radius 3 is 2.41 bits per heavy atom. The molecule has 1 heterocycles. The lowest BCUT2D eigenvalue weighted by molar-refractivity contribution is -0.117. The number of rotatable bonds is 4. The first-order chi connectivity index (χ1) is 9.91. The van der Waals surface area contributed by atoms with Gasteiger partial charge in [0.25, 0.3) is 0 Å². The summed E-state index contributed by atoms with van der Waals surface area (Å²) in [6.45, 7) is 7.13. The molecule has 118 valence electrons. The highest BCUT2D eigenvalue weighted by atomic mass is 35.5. The number of Topliss-reactive ketones (excluding diaryl/α,β-unsaturated/α-hetero) is 1. The molecule has 4 nitrogen and oxygen atoms in total. The molecule has 5 heteroatoms. The predicted octanol–water partition coefficient (Wildman–Crippen LogP) is 3.38. The molecule has 0 bridgehead atoms. The van der Waals surface area contributed by atoms with Gasteiger partial charge < -0.3 is 4.74 Å². The van der Waals surface area contributed by atoms with Crippen LogP contribution in [0.2, 0.25) is 0 Å². The summed E-state index contributed by atoms with van der Waals surface area (Å²) in [7, 11) is 0. The Labute approximate surface area is 136 Å². The molecule has 0 aromatic carbocycles. The van der Waals surface area contributed by atoms with Gasteiger partial charge in [-0.05, 0) is 39.8 Å². The van der Waals surface area contributed by atoms with Gasteiger partial charge in [0.15, 0.2) is 11.6 Å². The van der Waals surface area contributed by atoms with Crippen molar-refractivity contribution in [2.24, 2.45) is 0 Å². The van der Waals surface area contributed by atoms with Gasteiger partial charge in [0, 0.05) is 34.7 Å². The first-order valence-corrected chi connectivity index (χ1v) is 6.95. The molecule has 0 spiro atoms. The maximum atomic E-state index is 12.4. The molecule has 1 aromatic rings. The van der Waals surface area contributed by atoms with Gasteiger partial charge in [-0.1, -0.05) is 6.07 Å². The highest BCUT2D eigenvalue weighted by Gasteiger charge is 2.31. The minimum absolute atomic E-state index is 0. The lowest BCUT2D eigenvalue weighted by Crippen LogP contribution is -2.24. The molecule has 0 saturated heterocycles. The molecular formula is C17H20ClNO3. The predicted molar refractivity (Wildman–Crippen MR) is 86.9 cm³/mol. The lowest BCUT2D eigenvalue weighted by Gasteiger charge is -2.25. The Hall–Kier alpha value is -1.78. The fourth-order valence-electron chi connectivity index (χ4n) is 2.39. The first-order valence-electron chi connectivity index (χ1n) is 6.95. The number of pyridine rings is 1. The smallest absolute Gasteiger partial charge is 0.185 e. The van der Waals surface area contributed by atoms with Crippen LogP contribution in [0.25, 0.3) is 0 Å². The minimum atomic E-state index is -0.570. The van der Waals surface area contributed by atoms with E-state index in [1.54, 1.807) is 32.3 Å². The van der Waals surface area contributed by atoms with Gasteiger partial charge in [0.05, 0.1) is 6.10 Å². The molecule has 1 aliphatic carbocycles. The third-order valence-corrected chi connectivity index (χ3v) is 3.37. The molecule has 0 aliphatic heterocycles. The zero-order valence-corrected chi connectivity index (χ0v) is 13.9. The van der Waals surface area contributed by atoms with E-state index < -0.39 is 6.10 Å². The monoisotopic (exact) mass is 321 g/mol. The fraction of sp³-hybridized carbons (Fsp3) is 0.353. The summed E-state index contributed by atoms with van der Waals surface area (Å²) in [5.74, 6) is -0.273. The Bertz CT molecular complexity index is 633. The number of hydrogen-bond donors (Lipinski definition) is 0. The molecule has 1 aromatic heterocycles. The van der Waals surface area contributed by atoms with Gasteiger partial charge in [0.2, 0.25) is 0 Å². The van der Waals surface area contributed by atoms with Gasteiger partial charge in [-0.3, -0.25) is 14.6 Å². The standard InChI is InChI=1S/C17H19NO3.ClH/c1-10(2)21-17(13-6-5-7-18-9-13)15-12(4)16(20)11(3)8-14(15)19;/h5-10,17H,1-4H3;1H. The molecule has 0 amide bonds. The van der Waals surface area contributed by atoms with E-state index in [1.807, 2.05) is 19.9 Å². The van der Waals surface area contributed by atoms with E-state index in [0.29, 0.717) is 16.7 Å². The minimum Gasteiger partial charge on any atom is -0.366 e. The first kappa shape index (κ1) is 18.3. The quantitative estimate of drug-likeness (QED) is 0.798. The summed E-state index contributed by atoms with van der Waals surface area (Å²) in [5, 5.41) is 0. The number of allylic oxidation sites excluding steroid dienone is 3. The molecule has 0 radical (unpaired) electrons. The number of aromatic nitrogens is 1. The van der Waals surface area contributed by atoms with Gasteiger partial charge in [-0.15, -0.1) is 12.4 Å². The van der Waals surface area contributed by atoms with Crippen molar-refractivity contribution in [3.05, 3.63) is 52.9 Å². The second-order valence-corrected chi connectivity index (χ2v) is 5.41. The molecule has 0 saturated carbocycles. The maximum Gasteiger partial charge on any atom is 0.185 e. The van der Waals surface area contributed by atoms with E-state index >= 15 is 0 Å². The number of ketones is 2. The third-order valence-electron chi connectivity index (χ3n) is 3.37. The number of hydrogen-bond acceptors (Lipinski definition) is 4. The summed E-state index contributed by atoms with van der Waals surface area (Å²) in [4.78, 5) is 28.6. The molecular weight excluding hydrogens is 302 g/mol. The highest BCUT2D eigenvalue weighted by molar-refractivity contribution is 6.22. The van der Waals surface area contributed by atoms with Crippen molar-refractivity contribution in [3.8, 4) is 0 Å². The van der Waals surface area contributed by atoms with Crippen molar-refractivity contribution in [3.63, 3.8) is 0 Å². The van der Waals surface area contributed by atoms with Crippen LogP contribution in [0.3, 0.4) is 0 Å². The van der Waals surface area contributed by atoms with Crippen LogP contribution in [0, 0.1) is 0 Å². The van der Waals surface area contributed by atoms with Crippen molar-refractivity contribution < 1.29 is 14.3 Å². The Morgan fingerprint density at radius 1 is 1.18 bits per heavy atom. The largest absolute Gasteiger partial charge is 0.366 e. The summed E-state index contributed by atoms with van der Waals surface area (Å²) in [6, 6.07) is 3.64. The van der Waals surface area contributed by atoms with E-state index in [1.165, 1.54) is 6.08 Å². The van der Waals surface area contributed by atoms with Gasteiger partial charge >= 0.3 is 0 Å². The topological polar surface area (TPSA) is 56.3 Å². The van der Waals surface area contributed by atoms with Crippen LogP contribution in [-0.4, -0.2) is 22.7 Å². The molecule has 22 heavy (non-hydrogen) atoms. The van der Waals surface area contributed by atoms with Gasteiger partial charge in [0.1, 0.15) is 6.10 Å². The summed E-state index contributed by atoms with van der Waals surface area (Å²) < 4.78 is 5.90. The van der Waals surface area contributed by atoms with Crippen LogP contribution < -0.4 is 0 Å². The molecule has 1 unspecified atom stereocenters. The van der Waals surface area contributed by atoms with Crippen LogP contribution >= 0.6 is 12.4 Å². The van der Waals surface area contributed by atoms with Crippen molar-refractivity contribution in [2.75, 3.05) is 0 Å².